The van der Waals surface area contributed by atoms with Gasteiger partial charge in [0.05, 0.1) is 12.3 Å². The van der Waals surface area contributed by atoms with Crippen molar-refractivity contribution in [3.63, 3.8) is 0 Å². The molecule has 0 radical (unpaired) electrons. The van der Waals surface area contributed by atoms with Gasteiger partial charge in [0.2, 0.25) is 0 Å². The van der Waals surface area contributed by atoms with E-state index in [0.29, 0.717) is 35.7 Å². The molecule has 0 saturated heterocycles. The van der Waals surface area contributed by atoms with Crippen LogP contribution in [0, 0.1) is 5.41 Å². The van der Waals surface area contributed by atoms with E-state index < -0.39 is 6.10 Å². The van der Waals surface area contributed by atoms with Gasteiger partial charge in [-0.05, 0) is 61.9 Å². The Labute approximate surface area is 198 Å². The smallest absolute Gasteiger partial charge is 0.258 e. The number of nitrogens with two attached hydrogens (primary N) is 2. The van der Waals surface area contributed by atoms with Crippen LogP contribution in [0.3, 0.4) is 0 Å². The third-order valence-electron chi connectivity index (χ3n) is 5.01. The lowest BCUT2D eigenvalue weighted by molar-refractivity contribution is -0.128. The number of amides is 1. The molecule has 172 valence electrons. The minimum Gasteiger partial charge on any atom is -0.398 e. The number of nitrogen functional groups attached to an aromatic ring is 1. The van der Waals surface area contributed by atoms with Crippen molar-refractivity contribution in [2.24, 2.45) is 5.14 Å². The van der Waals surface area contributed by atoms with Crippen LogP contribution in [-0.2, 0) is 9.53 Å². The quantitative estimate of drug-likeness (QED) is 0.206. The van der Waals surface area contributed by atoms with E-state index in [1.807, 2.05) is 73.6 Å². The molecule has 1 atom stereocenters. The minimum absolute atomic E-state index is 0.251. The van der Waals surface area contributed by atoms with Crippen LogP contribution in [0.1, 0.15) is 22.8 Å². The molecule has 6 N–H and O–H groups in total. The maximum Gasteiger partial charge on any atom is 0.258 e. The van der Waals surface area contributed by atoms with Crippen LogP contribution >= 0.6 is 11.9 Å². The molecular formula is C25H29N5O2S. The molecule has 3 rings (SSSR count). The summed E-state index contributed by atoms with van der Waals surface area (Å²) in [5, 5.41) is 17.2. The van der Waals surface area contributed by atoms with Crippen LogP contribution in [0.15, 0.2) is 77.7 Å². The Bertz CT molecular complexity index is 1100. The van der Waals surface area contributed by atoms with Crippen molar-refractivity contribution in [3.8, 4) is 0 Å². The van der Waals surface area contributed by atoms with Gasteiger partial charge in [-0.25, -0.2) is 0 Å². The Morgan fingerprint density at radius 2 is 1.85 bits per heavy atom. The van der Waals surface area contributed by atoms with E-state index in [1.54, 1.807) is 18.2 Å². The van der Waals surface area contributed by atoms with Gasteiger partial charge in [0.25, 0.3) is 5.91 Å². The van der Waals surface area contributed by atoms with Crippen molar-refractivity contribution in [2.75, 3.05) is 38.3 Å². The van der Waals surface area contributed by atoms with Gasteiger partial charge in [-0.1, -0.05) is 42.5 Å². The first kappa shape index (κ1) is 24.5. The van der Waals surface area contributed by atoms with Crippen molar-refractivity contribution < 1.29 is 9.53 Å². The van der Waals surface area contributed by atoms with Crippen LogP contribution in [0.5, 0.6) is 0 Å². The van der Waals surface area contributed by atoms with Crippen LogP contribution in [0.4, 0.5) is 11.4 Å². The highest BCUT2D eigenvalue weighted by Gasteiger charge is 2.22. The Balaban J connectivity index is 1.82. The van der Waals surface area contributed by atoms with E-state index >= 15 is 0 Å². The van der Waals surface area contributed by atoms with Gasteiger partial charge in [-0.15, -0.1) is 0 Å². The second-order valence-electron chi connectivity index (χ2n) is 7.78. The maximum atomic E-state index is 13.2. The minimum atomic E-state index is -0.759. The van der Waals surface area contributed by atoms with Crippen molar-refractivity contribution >= 4 is 34.9 Å². The zero-order valence-corrected chi connectivity index (χ0v) is 19.6. The molecule has 0 aliphatic heterocycles. The summed E-state index contributed by atoms with van der Waals surface area (Å²) in [6.07, 6.45) is -0.759. The van der Waals surface area contributed by atoms with Crippen molar-refractivity contribution in [2.45, 2.75) is 11.0 Å². The summed E-state index contributed by atoms with van der Waals surface area (Å²) in [6.45, 7) is 1.10. The number of hydrogen-bond donors (Lipinski definition) is 4. The number of nitrogens with zero attached hydrogens (tertiary/aromatic N) is 1. The van der Waals surface area contributed by atoms with Crippen LogP contribution < -0.4 is 16.2 Å². The Kier molecular flexibility index (Phi) is 8.62. The molecule has 1 unspecified atom stereocenters. The number of nitrogens with one attached hydrogen (secondary N) is 2. The fraction of sp³-hybridized carbons (Fsp3) is 0.200. The lowest BCUT2D eigenvalue weighted by Crippen LogP contribution is -2.27. The van der Waals surface area contributed by atoms with Crippen molar-refractivity contribution in [1.29, 1.82) is 5.41 Å². The summed E-state index contributed by atoms with van der Waals surface area (Å²) in [6, 6.07) is 21.9. The average Bonchev–Trinajstić information content (AvgIpc) is 2.83. The molecule has 0 saturated carbocycles. The summed E-state index contributed by atoms with van der Waals surface area (Å²) in [4.78, 5) is 16.0. The number of hydrogen-bond acceptors (Lipinski definition) is 7. The predicted molar refractivity (Wildman–Crippen MR) is 136 cm³/mol. The first-order chi connectivity index (χ1) is 15.9. The van der Waals surface area contributed by atoms with Gasteiger partial charge in [-0.3, -0.25) is 15.3 Å². The van der Waals surface area contributed by atoms with E-state index in [0.717, 1.165) is 22.4 Å². The van der Waals surface area contributed by atoms with Gasteiger partial charge in [0.1, 0.15) is 0 Å². The number of ether oxygens (including phenoxy) is 1. The Morgan fingerprint density at radius 1 is 1.09 bits per heavy atom. The van der Waals surface area contributed by atoms with Crippen molar-refractivity contribution in [3.05, 3.63) is 89.5 Å². The second kappa shape index (κ2) is 11.6. The molecule has 0 heterocycles. The lowest BCUT2D eigenvalue weighted by atomic mass is 10.00. The number of rotatable bonds is 10. The number of anilines is 2. The fourth-order valence-electron chi connectivity index (χ4n) is 3.24. The van der Waals surface area contributed by atoms with E-state index in [-0.39, 0.29) is 11.6 Å². The molecule has 3 aromatic carbocycles. The third kappa shape index (κ3) is 6.66. The largest absolute Gasteiger partial charge is 0.398 e. The van der Waals surface area contributed by atoms with Gasteiger partial charge in [0.15, 0.2) is 6.10 Å². The second-order valence-corrected chi connectivity index (χ2v) is 8.48. The molecule has 0 fully saturated rings. The molecule has 0 aliphatic carbocycles. The van der Waals surface area contributed by atoms with Gasteiger partial charge < -0.3 is 20.7 Å². The molecule has 0 spiro atoms. The molecular weight excluding hydrogens is 434 g/mol. The fourth-order valence-corrected chi connectivity index (χ4v) is 3.60. The summed E-state index contributed by atoms with van der Waals surface area (Å²) < 4.78 is 5.93. The topological polar surface area (TPSA) is 117 Å². The molecule has 0 bridgehead atoms. The Hall–Kier alpha value is -3.17. The summed E-state index contributed by atoms with van der Waals surface area (Å²) in [7, 11) is 3.90. The molecule has 33 heavy (non-hydrogen) atoms. The summed E-state index contributed by atoms with van der Waals surface area (Å²) >= 11 is 1.12. The first-order valence-corrected chi connectivity index (χ1v) is 11.3. The third-order valence-corrected chi connectivity index (χ3v) is 5.54. The summed E-state index contributed by atoms with van der Waals surface area (Å²) in [5.41, 5.74) is 9.39. The zero-order valence-electron chi connectivity index (χ0n) is 18.7. The van der Waals surface area contributed by atoms with E-state index in [4.69, 9.17) is 21.0 Å². The van der Waals surface area contributed by atoms with Crippen LogP contribution in [-0.4, -0.2) is 43.8 Å². The highest BCUT2D eigenvalue weighted by molar-refractivity contribution is 7.97. The van der Waals surface area contributed by atoms with E-state index in [1.165, 1.54) is 0 Å². The van der Waals surface area contributed by atoms with E-state index in [2.05, 4.69) is 5.32 Å². The lowest BCUT2D eigenvalue weighted by Gasteiger charge is -2.20. The molecule has 1 amide bonds. The van der Waals surface area contributed by atoms with Gasteiger partial charge in [0, 0.05) is 33.9 Å². The van der Waals surface area contributed by atoms with Gasteiger partial charge in [-0.2, -0.15) is 0 Å². The van der Waals surface area contributed by atoms with Crippen LogP contribution in [0.2, 0.25) is 0 Å². The highest BCUT2D eigenvalue weighted by Crippen LogP contribution is 2.25. The molecule has 7 nitrogen and oxygen atoms in total. The number of benzene rings is 3. The average molecular weight is 464 g/mol. The standard InChI is InChI=1S/C25H29N5O2S/c1-30(2)13-14-32-24(17-7-4-3-5-8-17)25(31)29-19-11-12-22(26)21(16-19)23(27)18-9-6-10-20(15-18)33-28/h3-12,15-16,24,27H,13-14,26,28H2,1-2H3,(H,29,31). The predicted octanol–water partition coefficient (Wildman–Crippen LogP) is 3.91. The van der Waals surface area contributed by atoms with Crippen molar-refractivity contribution in [1.82, 2.24) is 4.90 Å². The molecule has 8 heteroatoms. The van der Waals surface area contributed by atoms with Crippen LogP contribution in [0.25, 0.3) is 0 Å². The summed E-state index contributed by atoms with van der Waals surface area (Å²) in [5.74, 6) is -0.288. The normalized spacial score (nSPS) is 11.9. The monoisotopic (exact) mass is 463 g/mol. The number of likely N-dealkylation sites (N-methyl/N-ethyl adjacent to an activating group) is 1. The SMILES string of the molecule is CN(C)CCOC(C(=O)Nc1ccc(N)c(C(=N)c2cccc(SN)c2)c1)c1ccccc1. The number of carbonyl (C=O) groups excluding carboxylic acids is 1. The first-order valence-electron chi connectivity index (χ1n) is 10.5. The molecule has 3 aromatic rings. The van der Waals surface area contributed by atoms with Gasteiger partial charge >= 0.3 is 0 Å². The maximum absolute atomic E-state index is 13.2. The zero-order chi connectivity index (χ0) is 23.8. The Morgan fingerprint density at radius 3 is 2.55 bits per heavy atom. The number of carbonyl (C=O) groups is 1. The highest BCUT2D eigenvalue weighted by atomic mass is 32.2. The van der Waals surface area contributed by atoms with E-state index in [9.17, 15) is 4.79 Å². The molecule has 0 aromatic heterocycles. The molecule has 0 aliphatic rings.